The van der Waals surface area contributed by atoms with Crippen molar-refractivity contribution in [1.82, 2.24) is 14.7 Å². The molecule has 0 atom stereocenters. The highest BCUT2D eigenvalue weighted by Gasteiger charge is 2.14. The van der Waals surface area contributed by atoms with E-state index in [1.165, 1.54) is 4.57 Å². The third kappa shape index (κ3) is 3.37. The number of amides is 1. The number of carbonyl (C=O) groups excluding carboxylic acids is 1. The quantitative estimate of drug-likeness (QED) is 0.565. The molecule has 0 fully saturated rings. The SMILES string of the molecule is COc1ccc(-c2noc(CC(=O)Nc3ccc4oc(=O)n(C)c4c3)n2)cc1. The number of methoxy groups -OCH3 is 1. The van der Waals surface area contributed by atoms with Crippen molar-refractivity contribution in [3.63, 3.8) is 0 Å². The Hall–Kier alpha value is -3.88. The first-order valence-electron chi connectivity index (χ1n) is 8.40. The zero-order valence-electron chi connectivity index (χ0n) is 15.1. The van der Waals surface area contributed by atoms with Crippen molar-refractivity contribution >= 4 is 22.7 Å². The second-order valence-corrected chi connectivity index (χ2v) is 6.07. The minimum Gasteiger partial charge on any atom is -0.497 e. The molecule has 2 heterocycles. The number of aryl methyl sites for hydroxylation is 1. The molecule has 2 aromatic heterocycles. The summed E-state index contributed by atoms with van der Waals surface area (Å²) < 4.78 is 16.7. The summed E-state index contributed by atoms with van der Waals surface area (Å²) in [6.07, 6.45) is -0.0779. The average Bonchev–Trinajstić information content (AvgIpc) is 3.27. The standard InChI is InChI=1S/C19H16N4O5/c1-23-14-9-12(5-8-15(14)27-19(23)25)20-16(24)10-17-21-18(22-28-17)11-3-6-13(26-2)7-4-11/h3-9H,10H2,1-2H3,(H,20,24). The zero-order valence-corrected chi connectivity index (χ0v) is 15.1. The van der Waals surface area contributed by atoms with E-state index in [2.05, 4.69) is 15.5 Å². The Balaban J connectivity index is 1.46. The molecule has 2 aromatic carbocycles. The van der Waals surface area contributed by atoms with Crippen molar-refractivity contribution < 1.29 is 18.5 Å². The van der Waals surface area contributed by atoms with Gasteiger partial charge >= 0.3 is 5.76 Å². The second-order valence-electron chi connectivity index (χ2n) is 6.07. The number of hydrogen-bond donors (Lipinski definition) is 1. The molecule has 9 heteroatoms. The van der Waals surface area contributed by atoms with Crippen LogP contribution in [0.15, 0.2) is 56.2 Å². The van der Waals surface area contributed by atoms with Gasteiger partial charge in [-0.2, -0.15) is 4.98 Å². The minimum absolute atomic E-state index is 0.0779. The molecule has 28 heavy (non-hydrogen) atoms. The van der Waals surface area contributed by atoms with Gasteiger partial charge < -0.3 is 19.0 Å². The Labute approximate surface area is 158 Å². The Bertz CT molecular complexity index is 1200. The predicted octanol–water partition coefficient (Wildman–Crippen LogP) is 2.37. The molecule has 142 valence electrons. The zero-order chi connectivity index (χ0) is 19.7. The van der Waals surface area contributed by atoms with Crippen LogP contribution >= 0.6 is 0 Å². The maximum absolute atomic E-state index is 12.3. The van der Waals surface area contributed by atoms with Gasteiger partial charge in [-0.15, -0.1) is 0 Å². The van der Waals surface area contributed by atoms with Crippen molar-refractivity contribution in [2.75, 3.05) is 12.4 Å². The van der Waals surface area contributed by atoms with Crippen LogP contribution in [0.25, 0.3) is 22.5 Å². The summed E-state index contributed by atoms with van der Waals surface area (Å²) in [6, 6.07) is 12.1. The first kappa shape index (κ1) is 17.5. The van der Waals surface area contributed by atoms with E-state index in [4.69, 9.17) is 13.7 Å². The largest absolute Gasteiger partial charge is 0.497 e. The normalized spacial score (nSPS) is 10.9. The lowest BCUT2D eigenvalue weighted by molar-refractivity contribution is -0.115. The van der Waals surface area contributed by atoms with Gasteiger partial charge in [-0.3, -0.25) is 9.36 Å². The number of aromatic nitrogens is 3. The molecule has 0 bridgehead atoms. The monoisotopic (exact) mass is 380 g/mol. The second kappa shape index (κ2) is 7.03. The Morgan fingerprint density at radius 3 is 2.75 bits per heavy atom. The molecule has 0 saturated heterocycles. The van der Waals surface area contributed by atoms with E-state index in [1.807, 2.05) is 0 Å². The molecule has 1 amide bonds. The van der Waals surface area contributed by atoms with Crippen LogP contribution < -0.4 is 15.8 Å². The summed E-state index contributed by atoms with van der Waals surface area (Å²) in [5.41, 5.74) is 2.32. The minimum atomic E-state index is -0.463. The first-order chi connectivity index (χ1) is 13.5. The fourth-order valence-corrected chi connectivity index (χ4v) is 2.73. The summed E-state index contributed by atoms with van der Waals surface area (Å²) in [4.78, 5) is 28.1. The fourth-order valence-electron chi connectivity index (χ4n) is 2.73. The number of ether oxygens (including phenoxy) is 1. The summed E-state index contributed by atoms with van der Waals surface area (Å²) >= 11 is 0. The molecule has 4 aromatic rings. The lowest BCUT2D eigenvalue weighted by Gasteiger charge is -2.03. The van der Waals surface area contributed by atoms with Crippen molar-refractivity contribution in [1.29, 1.82) is 0 Å². The molecule has 0 aliphatic carbocycles. The van der Waals surface area contributed by atoms with Crippen molar-refractivity contribution in [3.05, 3.63) is 58.9 Å². The maximum Gasteiger partial charge on any atom is 0.419 e. The van der Waals surface area contributed by atoms with E-state index in [1.54, 1.807) is 56.6 Å². The highest BCUT2D eigenvalue weighted by molar-refractivity contribution is 5.93. The van der Waals surface area contributed by atoms with Gasteiger partial charge in [0.25, 0.3) is 0 Å². The van der Waals surface area contributed by atoms with Gasteiger partial charge in [0.1, 0.15) is 12.2 Å². The van der Waals surface area contributed by atoms with Gasteiger partial charge in [-0.1, -0.05) is 5.16 Å². The van der Waals surface area contributed by atoms with Crippen molar-refractivity contribution in [2.45, 2.75) is 6.42 Å². The summed E-state index contributed by atoms with van der Waals surface area (Å²) in [7, 11) is 3.18. The summed E-state index contributed by atoms with van der Waals surface area (Å²) in [5.74, 6) is 0.521. The van der Waals surface area contributed by atoms with Crippen LogP contribution in [0.5, 0.6) is 5.75 Å². The van der Waals surface area contributed by atoms with Crippen LogP contribution in [0, 0.1) is 0 Å². The number of oxazole rings is 1. The highest BCUT2D eigenvalue weighted by Crippen LogP contribution is 2.20. The van der Waals surface area contributed by atoms with E-state index < -0.39 is 5.76 Å². The molecule has 0 radical (unpaired) electrons. The highest BCUT2D eigenvalue weighted by atomic mass is 16.5. The van der Waals surface area contributed by atoms with Gasteiger partial charge in [-0.25, -0.2) is 4.79 Å². The summed E-state index contributed by atoms with van der Waals surface area (Å²) in [6.45, 7) is 0. The number of benzene rings is 2. The third-order valence-electron chi connectivity index (χ3n) is 4.20. The molecular formula is C19H16N4O5. The third-order valence-corrected chi connectivity index (χ3v) is 4.20. The Kier molecular flexibility index (Phi) is 4.40. The van der Waals surface area contributed by atoms with Crippen LogP contribution in [-0.2, 0) is 18.3 Å². The fraction of sp³-hybridized carbons (Fsp3) is 0.158. The number of rotatable bonds is 5. The first-order valence-corrected chi connectivity index (χ1v) is 8.40. The number of hydrogen-bond acceptors (Lipinski definition) is 7. The topological polar surface area (TPSA) is 112 Å². The van der Waals surface area contributed by atoms with E-state index in [9.17, 15) is 9.59 Å². The van der Waals surface area contributed by atoms with Crippen LogP contribution in [0.4, 0.5) is 5.69 Å². The molecule has 0 saturated carbocycles. The van der Waals surface area contributed by atoms with E-state index in [-0.39, 0.29) is 18.2 Å². The van der Waals surface area contributed by atoms with Crippen LogP contribution in [-0.4, -0.2) is 27.7 Å². The maximum atomic E-state index is 12.3. The molecular weight excluding hydrogens is 364 g/mol. The number of fused-ring (bicyclic) bond motifs is 1. The smallest absolute Gasteiger partial charge is 0.419 e. The van der Waals surface area contributed by atoms with Crippen molar-refractivity contribution in [3.8, 4) is 17.1 Å². The molecule has 1 N–H and O–H groups in total. The molecule has 0 aliphatic heterocycles. The number of carbonyl (C=O) groups is 1. The molecule has 0 unspecified atom stereocenters. The Morgan fingerprint density at radius 2 is 2.00 bits per heavy atom. The number of nitrogens with one attached hydrogen (secondary N) is 1. The summed E-state index contributed by atoms with van der Waals surface area (Å²) in [5, 5.41) is 6.64. The number of nitrogens with zero attached hydrogens (tertiary/aromatic N) is 3. The van der Waals surface area contributed by atoms with E-state index >= 15 is 0 Å². The molecule has 4 rings (SSSR count). The number of anilines is 1. The molecule has 9 nitrogen and oxygen atoms in total. The van der Waals surface area contributed by atoms with Gasteiger partial charge in [0, 0.05) is 18.3 Å². The van der Waals surface area contributed by atoms with Gasteiger partial charge in [0.15, 0.2) is 5.58 Å². The van der Waals surface area contributed by atoms with Gasteiger partial charge in [-0.05, 0) is 42.5 Å². The van der Waals surface area contributed by atoms with Gasteiger partial charge in [0.05, 0.1) is 12.6 Å². The van der Waals surface area contributed by atoms with Crippen LogP contribution in [0.3, 0.4) is 0 Å². The van der Waals surface area contributed by atoms with Crippen molar-refractivity contribution in [2.24, 2.45) is 7.05 Å². The van der Waals surface area contributed by atoms with E-state index in [0.717, 1.165) is 11.3 Å². The average molecular weight is 380 g/mol. The van der Waals surface area contributed by atoms with Crippen LogP contribution in [0.1, 0.15) is 5.89 Å². The van der Waals surface area contributed by atoms with Crippen LogP contribution in [0.2, 0.25) is 0 Å². The lowest BCUT2D eigenvalue weighted by atomic mass is 10.2. The Morgan fingerprint density at radius 1 is 1.21 bits per heavy atom. The van der Waals surface area contributed by atoms with E-state index in [0.29, 0.717) is 22.6 Å². The predicted molar refractivity (Wildman–Crippen MR) is 100 cm³/mol. The van der Waals surface area contributed by atoms with Gasteiger partial charge in [0.2, 0.25) is 17.6 Å². The molecule has 0 spiro atoms. The molecule has 0 aliphatic rings. The lowest BCUT2D eigenvalue weighted by Crippen LogP contribution is -2.14.